The van der Waals surface area contributed by atoms with Gasteiger partial charge in [-0.05, 0) is 41.5 Å². The van der Waals surface area contributed by atoms with Gasteiger partial charge in [0.25, 0.3) is 0 Å². The summed E-state index contributed by atoms with van der Waals surface area (Å²) in [6.45, 7) is 0.418. The van der Waals surface area contributed by atoms with E-state index in [1.165, 1.54) is 18.3 Å². The van der Waals surface area contributed by atoms with Gasteiger partial charge in [0.05, 0.1) is 11.3 Å². The highest BCUT2D eigenvalue weighted by atomic mass is 32.2. The normalized spacial score (nSPS) is 10.9. The van der Waals surface area contributed by atoms with Crippen LogP contribution in [0.5, 0.6) is 11.8 Å². The SMILES string of the molecule is N.O=S(=O)(Oc1ncccc1-c1cc(Cc2ccc(COc3ccccn3)cc2)no1)c1ccccc1. The predicted octanol–water partition coefficient (Wildman–Crippen LogP) is 5.23. The summed E-state index contributed by atoms with van der Waals surface area (Å²) in [5.41, 5.74) is 3.12. The van der Waals surface area contributed by atoms with Crippen molar-refractivity contribution in [3.63, 3.8) is 0 Å². The summed E-state index contributed by atoms with van der Waals surface area (Å²) in [6, 6.07) is 26.5. The Morgan fingerprint density at radius 2 is 1.51 bits per heavy atom. The molecule has 0 bridgehead atoms. The van der Waals surface area contributed by atoms with Crippen LogP contribution in [0.25, 0.3) is 11.3 Å². The van der Waals surface area contributed by atoms with Crippen molar-refractivity contribution in [1.29, 1.82) is 0 Å². The number of hydrogen-bond acceptors (Lipinski definition) is 9. The second kappa shape index (κ2) is 11.5. The highest BCUT2D eigenvalue weighted by Gasteiger charge is 2.21. The van der Waals surface area contributed by atoms with Gasteiger partial charge in [0, 0.05) is 30.9 Å². The molecular formula is C27H24N4O5S. The van der Waals surface area contributed by atoms with Gasteiger partial charge < -0.3 is 19.6 Å². The third-order valence-electron chi connectivity index (χ3n) is 5.25. The molecule has 9 nitrogen and oxygen atoms in total. The molecule has 0 aliphatic carbocycles. The van der Waals surface area contributed by atoms with Crippen molar-refractivity contribution in [3.8, 4) is 23.1 Å². The molecule has 0 saturated heterocycles. The van der Waals surface area contributed by atoms with Crippen LogP contribution in [0.15, 0.2) is 113 Å². The number of ether oxygens (including phenoxy) is 1. The third-order valence-corrected chi connectivity index (χ3v) is 6.48. The highest BCUT2D eigenvalue weighted by molar-refractivity contribution is 7.87. The molecule has 37 heavy (non-hydrogen) atoms. The Balaban J connectivity index is 0.00000320. The molecule has 0 radical (unpaired) electrons. The molecule has 5 rings (SSSR count). The van der Waals surface area contributed by atoms with E-state index in [2.05, 4.69) is 15.1 Å². The summed E-state index contributed by atoms with van der Waals surface area (Å²) >= 11 is 0. The topological polar surface area (TPSA) is 139 Å². The maximum atomic E-state index is 12.7. The Labute approximate surface area is 214 Å². The lowest BCUT2D eigenvalue weighted by atomic mass is 10.1. The van der Waals surface area contributed by atoms with Crippen LogP contribution < -0.4 is 15.1 Å². The zero-order valence-corrected chi connectivity index (χ0v) is 20.5. The smallest absolute Gasteiger partial charge is 0.340 e. The molecule has 3 aromatic heterocycles. The van der Waals surface area contributed by atoms with Gasteiger partial charge in [-0.15, -0.1) is 0 Å². The zero-order valence-electron chi connectivity index (χ0n) is 19.7. The minimum absolute atomic E-state index is 0. The molecule has 0 unspecified atom stereocenters. The molecule has 5 aromatic rings. The van der Waals surface area contributed by atoms with E-state index in [4.69, 9.17) is 13.4 Å². The van der Waals surface area contributed by atoms with Crippen LogP contribution >= 0.6 is 0 Å². The Morgan fingerprint density at radius 1 is 0.784 bits per heavy atom. The van der Waals surface area contributed by atoms with Crippen LogP contribution in [0.2, 0.25) is 0 Å². The number of benzene rings is 2. The van der Waals surface area contributed by atoms with E-state index >= 15 is 0 Å². The summed E-state index contributed by atoms with van der Waals surface area (Å²) < 4.78 is 41.8. The molecule has 0 saturated carbocycles. The maximum Gasteiger partial charge on any atom is 0.340 e. The Bertz CT molecular complexity index is 1540. The Morgan fingerprint density at radius 3 is 2.27 bits per heavy atom. The summed E-state index contributed by atoms with van der Waals surface area (Å²) in [5.74, 6) is 0.852. The third kappa shape index (κ3) is 6.37. The summed E-state index contributed by atoms with van der Waals surface area (Å²) in [5, 5.41) is 4.14. The van der Waals surface area contributed by atoms with E-state index in [0.717, 1.165) is 11.1 Å². The first-order valence-corrected chi connectivity index (χ1v) is 12.5. The first-order valence-electron chi connectivity index (χ1n) is 11.1. The van der Waals surface area contributed by atoms with Crippen LogP contribution in [0.3, 0.4) is 0 Å². The standard InChI is InChI=1S/C27H21N3O5S.H3N/c31-36(32,23-7-2-1-3-8-23)35-27-24(9-6-16-29-27)25-18-22(30-34-25)17-20-11-13-21(14-12-20)19-33-26-10-4-5-15-28-26;/h1-16,18H,17,19H2;1H3. The van der Waals surface area contributed by atoms with Gasteiger partial charge in [-0.2, -0.15) is 8.42 Å². The second-order valence-electron chi connectivity index (χ2n) is 7.84. The fourth-order valence-corrected chi connectivity index (χ4v) is 4.39. The van der Waals surface area contributed by atoms with E-state index in [9.17, 15) is 8.42 Å². The maximum absolute atomic E-state index is 12.7. The molecule has 3 heterocycles. The molecule has 0 fully saturated rings. The number of hydrogen-bond donors (Lipinski definition) is 1. The van der Waals surface area contributed by atoms with Crippen molar-refractivity contribution in [2.45, 2.75) is 17.9 Å². The number of nitrogens with zero attached hydrogens (tertiary/aromatic N) is 3. The monoisotopic (exact) mass is 516 g/mol. The van der Waals surface area contributed by atoms with E-state index < -0.39 is 10.1 Å². The van der Waals surface area contributed by atoms with Crippen LogP contribution in [-0.4, -0.2) is 23.5 Å². The van der Waals surface area contributed by atoms with Crippen molar-refractivity contribution < 1.29 is 21.9 Å². The zero-order chi connectivity index (χ0) is 24.8. The lowest BCUT2D eigenvalue weighted by Gasteiger charge is -2.08. The van der Waals surface area contributed by atoms with Gasteiger partial charge >= 0.3 is 10.1 Å². The first kappa shape index (κ1) is 25.5. The van der Waals surface area contributed by atoms with Crippen molar-refractivity contribution in [2.24, 2.45) is 0 Å². The molecule has 0 spiro atoms. The predicted molar refractivity (Wildman–Crippen MR) is 137 cm³/mol. The minimum atomic E-state index is -4.05. The van der Waals surface area contributed by atoms with Gasteiger partial charge in [0.2, 0.25) is 11.8 Å². The van der Waals surface area contributed by atoms with Crippen molar-refractivity contribution >= 4 is 10.1 Å². The molecule has 3 N–H and O–H groups in total. The average molecular weight is 517 g/mol. The minimum Gasteiger partial charge on any atom is -0.473 e. The lowest BCUT2D eigenvalue weighted by molar-refractivity contribution is 0.294. The molecule has 0 aliphatic rings. The molecule has 10 heteroatoms. The van der Waals surface area contributed by atoms with Crippen LogP contribution in [0.4, 0.5) is 0 Å². The summed E-state index contributed by atoms with van der Waals surface area (Å²) in [4.78, 5) is 8.29. The van der Waals surface area contributed by atoms with Gasteiger partial charge in [-0.1, -0.05) is 53.7 Å². The van der Waals surface area contributed by atoms with E-state index in [1.54, 1.807) is 42.6 Å². The van der Waals surface area contributed by atoms with Gasteiger partial charge in [0.15, 0.2) is 5.76 Å². The Kier molecular flexibility index (Phi) is 7.92. The molecule has 188 valence electrons. The average Bonchev–Trinajstić information content (AvgIpc) is 3.38. The van der Waals surface area contributed by atoms with Gasteiger partial charge in [-0.3, -0.25) is 0 Å². The quantitative estimate of drug-likeness (QED) is 0.261. The fraction of sp³-hybridized carbons (Fsp3) is 0.0741. The van der Waals surface area contributed by atoms with E-state index in [0.29, 0.717) is 35.9 Å². The van der Waals surface area contributed by atoms with E-state index in [1.807, 2.05) is 42.5 Å². The fourth-order valence-electron chi connectivity index (χ4n) is 3.46. The van der Waals surface area contributed by atoms with Crippen molar-refractivity contribution in [3.05, 3.63) is 120 Å². The first-order chi connectivity index (χ1) is 17.6. The Hall–Kier alpha value is -4.54. The van der Waals surface area contributed by atoms with Gasteiger partial charge in [-0.25, -0.2) is 9.97 Å². The summed E-state index contributed by atoms with van der Waals surface area (Å²) in [6.07, 6.45) is 3.67. The molecular weight excluding hydrogens is 492 g/mol. The highest BCUT2D eigenvalue weighted by Crippen LogP contribution is 2.31. The largest absolute Gasteiger partial charge is 0.473 e. The van der Waals surface area contributed by atoms with Gasteiger partial charge in [0.1, 0.15) is 11.5 Å². The van der Waals surface area contributed by atoms with Crippen LogP contribution in [0, 0.1) is 0 Å². The van der Waals surface area contributed by atoms with Crippen LogP contribution in [0.1, 0.15) is 16.8 Å². The number of rotatable bonds is 9. The molecule has 0 amide bonds. The molecule has 0 aliphatic heterocycles. The number of pyridine rings is 2. The van der Waals surface area contributed by atoms with Crippen LogP contribution in [-0.2, 0) is 23.1 Å². The lowest BCUT2D eigenvalue weighted by Crippen LogP contribution is -2.11. The molecule has 2 aromatic carbocycles. The molecule has 0 atom stereocenters. The second-order valence-corrected chi connectivity index (χ2v) is 9.39. The number of aromatic nitrogens is 3. The summed E-state index contributed by atoms with van der Waals surface area (Å²) in [7, 11) is -4.05. The van der Waals surface area contributed by atoms with E-state index in [-0.39, 0.29) is 16.9 Å². The van der Waals surface area contributed by atoms with Crippen molar-refractivity contribution in [2.75, 3.05) is 0 Å². The van der Waals surface area contributed by atoms with Crippen molar-refractivity contribution in [1.82, 2.24) is 21.3 Å².